The lowest BCUT2D eigenvalue weighted by molar-refractivity contribution is -0.384. The van der Waals surface area contributed by atoms with Crippen LogP contribution in [0.5, 0.6) is 5.75 Å². The van der Waals surface area contributed by atoms with Crippen LogP contribution in [0.2, 0.25) is 0 Å². The standard InChI is InChI=1S/C24H20N4O4/c1-32-21-9-5-8-18(14-21)23-22(16-27(26-23)15-17-6-3-2-4-7-17)24(29)25-19-10-12-20(13-11-19)28(30)31/h2-14,16H,15H2,1H3,(H,25,29). The second-order valence-corrected chi connectivity index (χ2v) is 7.06. The number of nitro groups is 1. The second-order valence-electron chi connectivity index (χ2n) is 7.06. The van der Waals surface area contributed by atoms with E-state index in [1.807, 2.05) is 54.6 Å². The molecule has 8 nitrogen and oxygen atoms in total. The number of nitrogens with zero attached hydrogens (tertiary/aromatic N) is 3. The van der Waals surface area contributed by atoms with Gasteiger partial charge in [0.2, 0.25) is 0 Å². The number of non-ortho nitro benzene ring substituents is 1. The first kappa shape index (κ1) is 20.8. The van der Waals surface area contributed by atoms with E-state index < -0.39 is 4.92 Å². The normalized spacial score (nSPS) is 10.5. The van der Waals surface area contributed by atoms with Gasteiger partial charge in [-0.05, 0) is 29.8 Å². The van der Waals surface area contributed by atoms with Crippen LogP contribution in [-0.2, 0) is 6.54 Å². The van der Waals surface area contributed by atoms with Gasteiger partial charge in [0.05, 0.1) is 24.1 Å². The van der Waals surface area contributed by atoms with Crippen molar-refractivity contribution < 1.29 is 14.5 Å². The molecule has 1 aromatic heterocycles. The van der Waals surface area contributed by atoms with Crippen molar-refractivity contribution in [3.8, 4) is 17.0 Å². The lowest BCUT2D eigenvalue weighted by Gasteiger charge is -2.06. The molecule has 1 N–H and O–H groups in total. The molecule has 8 heteroatoms. The third-order valence-corrected chi connectivity index (χ3v) is 4.87. The molecule has 4 rings (SSSR count). The molecule has 0 saturated carbocycles. The number of hydrogen-bond acceptors (Lipinski definition) is 5. The average Bonchev–Trinajstić information content (AvgIpc) is 3.24. The summed E-state index contributed by atoms with van der Waals surface area (Å²) in [6, 6.07) is 22.8. The van der Waals surface area contributed by atoms with E-state index >= 15 is 0 Å². The van der Waals surface area contributed by atoms with Crippen molar-refractivity contribution in [1.29, 1.82) is 0 Å². The van der Waals surface area contributed by atoms with E-state index in [2.05, 4.69) is 10.4 Å². The van der Waals surface area contributed by atoms with Crippen molar-refractivity contribution in [1.82, 2.24) is 9.78 Å². The molecule has 0 aliphatic rings. The van der Waals surface area contributed by atoms with E-state index in [1.165, 1.54) is 24.3 Å². The van der Waals surface area contributed by atoms with Crippen LogP contribution in [0.25, 0.3) is 11.3 Å². The van der Waals surface area contributed by atoms with E-state index in [-0.39, 0.29) is 11.6 Å². The highest BCUT2D eigenvalue weighted by molar-refractivity contribution is 6.08. The van der Waals surface area contributed by atoms with Gasteiger partial charge in [-0.15, -0.1) is 0 Å². The van der Waals surface area contributed by atoms with Crippen LogP contribution in [0.1, 0.15) is 15.9 Å². The Kier molecular flexibility index (Phi) is 5.94. The number of nitrogens with one attached hydrogen (secondary N) is 1. The Morgan fingerprint density at radius 2 is 1.81 bits per heavy atom. The van der Waals surface area contributed by atoms with Gasteiger partial charge in [0.1, 0.15) is 11.4 Å². The summed E-state index contributed by atoms with van der Waals surface area (Å²) < 4.78 is 7.03. The summed E-state index contributed by atoms with van der Waals surface area (Å²) in [5.41, 5.74) is 3.09. The molecule has 0 aliphatic carbocycles. The fourth-order valence-corrected chi connectivity index (χ4v) is 3.29. The lowest BCUT2D eigenvalue weighted by Crippen LogP contribution is -2.12. The summed E-state index contributed by atoms with van der Waals surface area (Å²) in [6.07, 6.45) is 1.70. The van der Waals surface area contributed by atoms with Crippen molar-refractivity contribution in [2.24, 2.45) is 0 Å². The minimum absolute atomic E-state index is 0.0456. The molecule has 4 aromatic rings. The highest BCUT2D eigenvalue weighted by Gasteiger charge is 2.19. The first-order chi connectivity index (χ1) is 15.5. The maximum atomic E-state index is 13.1. The van der Waals surface area contributed by atoms with Gasteiger partial charge in [-0.3, -0.25) is 19.6 Å². The SMILES string of the molecule is COc1cccc(-c2nn(Cc3ccccc3)cc2C(=O)Nc2ccc([N+](=O)[O-])cc2)c1. The average molecular weight is 428 g/mol. The molecule has 32 heavy (non-hydrogen) atoms. The number of carbonyl (C=O) groups excluding carboxylic acids is 1. The second kappa shape index (κ2) is 9.13. The van der Waals surface area contributed by atoms with Gasteiger partial charge in [-0.2, -0.15) is 5.10 Å². The maximum absolute atomic E-state index is 13.1. The number of aromatic nitrogens is 2. The first-order valence-electron chi connectivity index (χ1n) is 9.85. The van der Waals surface area contributed by atoms with E-state index in [9.17, 15) is 14.9 Å². The summed E-state index contributed by atoms with van der Waals surface area (Å²) >= 11 is 0. The molecule has 0 radical (unpaired) electrons. The van der Waals surface area contributed by atoms with E-state index in [4.69, 9.17) is 4.74 Å². The number of amides is 1. The molecule has 160 valence electrons. The fourth-order valence-electron chi connectivity index (χ4n) is 3.29. The summed E-state index contributed by atoms with van der Waals surface area (Å²) in [7, 11) is 1.58. The van der Waals surface area contributed by atoms with Crippen LogP contribution in [-0.4, -0.2) is 27.7 Å². The summed E-state index contributed by atoms with van der Waals surface area (Å²) in [6.45, 7) is 0.503. The Hall–Kier alpha value is -4.46. The largest absolute Gasteiger partial charge is 0.497 e. The van der Waals surface area contributed by atoms with Crippen LogP contribution in [0.15, 0.2) is 85.1 Å². The van der Waals surface area contributed by atoms with Gasteiger partial charge in [0.25, 0.3) is 11.6 Å². The zero-order chi connectivity index (χ0) is 22.5. The molecule has 0 bridgehead atoms. The van der Waals surface area contributed by atoms with Crippen molar-refractivity contribution in [2.75, 3.05) is 12.4 Å². The molecule has 1 amide bonds. The molecule has 1 heterocycles. The minimum atomic E-state index is -0.486. The molecule has 0 saturated heterocycles. The highest BCUT2D eigenvalue weighted by atomic mass is 16.6. The number of nitro benzene ring substituents is 1. The number of anilines is 1. The van der Waals surface area contributed by atoms with Crippen molar-refractivity contribution >= 4 is 17.3 Å². The molecule has 3 aromatic carbocycles. The molecule has 0 spiro atoms. The molecule has 0 atom stereocenters. The maximum Gasteiger partial charge on any atom is 0.269 e. The van der Waals surface area contributed by atoms with E-state index in [0.29, 0.717) is 29.2 Å². The van der Waals surface area contributed by atoms with Crippen molar-refractivity contribution in [3.05, 3.63) is 106 Å². The summed E-state index contributed by atoms with van der Waals surface area (Å²) in [5.74, 6) is 0.290. The fraction of sp³-hybridized carbons (Fsp3) is 0.0833. The molecule has 0 unspecified atom stereocenters. The van der Waals surface area contributed by atoms with Gasteiger partial charge in [0.15, 0.2) is 0 Å². The Bertz CT molecular complexity index is 1250. The predicted molar refractivity (Wildman–Crippen MR) is 121 cm³/mol. The van der Waals surface area contributed by atoms with E-state index in [0.717, 1.165) is 11.1 Å². The number of methoxy groups -OCH3 is 1. The Morgan fingerprint density at radius 3 is 2.50 bits per heavy atom. The topological polar surface area (TPSA) is 99.3 Å². The summed E-state index contributed by atoms with van der Waals surface area (Å²) in [5, 5.41) is 18.3. The monoisotopic (exact) mass is 428 g/mol. The molecule has 0 aliphatic heterocycles. The number of ether oxygens (including phenoxy) is 1. The van der Waals surface area contributed by atoms with Gasteiger partial charge < -0.3 is 10.1 Å². The zero-order valence-electron chi connectivity index (χ0n) is 17.3. The van der Waals surface area contributed by atoms with Gasteiger partial charge in [-0.25, -0.2) is 0 Å². The zero-order valence-corrected chi connectivity index (χ0v) is 17.3. The van der Waals surface area contributed by atoms with Crippen molar-refractivity contribution in [2.45, 2.75) is 6.54 Å². The highest BCUT2D eigenvalue weighted by Crippen LogP contribution is 2.27. The number of rotatable bonds is 7. The third-order valence-electron chi connectivity index (χ3n) is 4.87. The Balaban J connectivity index is 1.68. The summed E-state index contributed by atoms with van der Waals surface area (Å²) in [4.78, 5) is 23.5. The Labute approximate surface area is 184 Å². The van der Waals surface area contributed by atoms with Crippen LogP contribution >= 0.6 is 0 Å². The smallest absolute Gasteiger partial charge is 0.269 e. The van der Waals surface area contributed by atoms with Gasteiger partial charge >= 0.3 is 0 Å². The number of carbonyl (C=O) groups is 1. The molecule has 0 fully saturated rings. The number of hydrogen-bond donors (Lipinski definition) is 1. The lowest BCUT2D eigenvalue weighted by atomic mass is 10.1. The van der Waals surface area contributed by atoms with E-state index in [1.54, 1.807) is 18.0 Å². The van der Waals surface area contributed by atoms with Crippen molar-refractivity contribution in [3.63, 3.8) is 0 Å². The van der Waals surface area contributed by atoms with Crippen LogP contribution < -0.4 is 10.1 Å². The van der Waals surface area contributed by atoms with Gasteiger partial charge in [0, 0.05) is 29.6 Å². The van der Waals surface area contributed by atoms with Crippen LogP contribution in [0.4, 0.5) is 11.4 Å². The first-order valence-corrected chi connectivity index (χ1v) is 9.85. The third kappa shape index (κ3) is 4.65. The number of benzene rings is 3. The molecular weight excluding hydrogens is 408 g/mol. The minimum Gasteiger partial charge on any atom is -0.497 e. The van der Waals surface area contributed by atoms with Crippen LogP contribution in [0, 0.1) is 10.1 Å². The van der Waals surface area contributed by atoms with Crippen LogP contribution in [0.3, 0.4) is 0 Å². The predicted octanol–water partition coefficient (Wildman–Crippen LogP) is 4.77. The quantitative estimate of drug-likeness (QED) is 0.338. The Morgan fingerprint density at radius 1 is 1.06 bits per heavy atom. The molecular formula is C24H20N4O4. The van der Waals surface area contributed by atoms with Gasteiger partial charge in [-0.1, -0.05) is 42.5 Å².